The van der Waals surface area contributed by atoms with Crippen LogP contribution in [0.4, 0.5) is 4.79 Å². The van der Waals surface area contributed by atoms with Gasteiger partial charge in [0.25, 0.3) is 0 Å². The first-order chi connectivity index (χ1) is 8.94. The van der Waals surface area contributed by atoms with E-state index in [9.17, 15) is 13.2 Å². The van der Waals surface area contributed by atoms with Gasteiger partial charge in [-0.1, -0.05) is 17.7 Å². The fourth-order valence-corrected chi connectivity index (χ4v) is 3.98. The molecule has 1 unspecified atom stereocenters. The highest BCUT2D eigenvalue weighted by Gasteiger charge is 2.28. The minimum absolute atomic E-state index is 0.0306. The van der Waals surface area contributed by atoms with E-state index in [-0.39, 0.29) is 17.4 Å². The monoisotopic (exact) mass is 303 g/mol. The van der Waals surface area contributed by atoms with Gasteiger partial charge in [-0.15, -0.1) is 0 Å². The van der Waals surface area contributed by atoms with Crippen molar-refractivity contribution in [3.63, 3.8) is 0 Å². The summed E-state index contributed by atoms with van der Waals surface area (Å²) in [4.78, 5) is 11.5. The molecule has 1 heterocycles. The maximum absolute atomic E-state index is 11.5. The predicted molar refractivity (Wildman–Crippen MR) is 72.2 cm³/mol. The van der Waals surface area contributed by atoms with Crippen molar-refractivity contribution in [3.05, 3.63) is 29.3 Å². The van der Waals surface area contributed by atoms with E-state index >= 15 is 0 Å². The van der Waals surface area contributed by atoms with Gasteiger partial charge in [0.05, 0.1) is 11.5 Å². The number of hydrogen-bond acceptors (Lipinski definition) is 4. The molecule has 1 amide bonds. The molecule has 104 valence electrons. The summed E-state index contributed by atoms with van der Waals surface area (Å²) in [6.07, 6.45) is -0.0219. The lowest BCUT2D eigenvalue weighted by molar-refractivity contribution is 0.199. The lowest BCUT2D eigenvalue weighted by Crippen LogP contribution is -2.32. The van der Waals surface area contributed by atoms with Crippen molar-refractivity contribution in [2.24, 2.45) is 5.92 Å². The van der Waals surface area contributed by atoms with Crippen LogP contribution in [-0.2, 0) is 9.84 Å². The van der Waals surface area contributed by atoms with Crippen molar-refractivity contribution in [2.75, 3.05) is 18.1 Å². The number of nitrogens with one attached hydrogen (secondary N) is 1. The summed E-state index contributed by atoms with van der Waals surface area (Å²) >= 11 is 5.76. The molecule has 1 aliphatic heterocycles. The Hall–Kier alpha value is -1.27. The smallest absolute Gasteiger partial charge is 0.410 e. The Morgan fingerprint density at radius 3 is 2.89 bits per heavy atom. The zero-order valence-corrected chi connectivity index (χ0v) is 11.7. The number of sulfone groups is 1. The Morgan fingerprint density at radius 2 is 2.26 bits per heavy atom. The van der Waals surface area contributed by atoms with Gasteiger partial charge in [0, 0.05) is 11.6 Å². The van der Waals surface area contributed by atoms with Gasteiger partial charge in [0.1, 0.15) is 5.75 Å². The number of ether oxygens (including phenoxy) is 1. The molecule has 7 heteroatoms. The van der Waals surface area contributed by atoms with Crippen molar-refractivity contribution in [2.45, 2.75) is 6.42 Å². The van der Waals surface area contributed by atoms with E-state index in [1.165, 1.54) is 6.07 Å². The normalized spacial score (nSPS) is 21.0. The summed E-state index contributed by atoms with van der Waals surface area (Å²) in [5.41, 5.74) is 0. The second kappa shape index (κ2) is 5.79. The first kappa shape index (κ1) is 14.1. The van der Waals surface area contributed by atoms with Gasteiger partial charge in [0.15, 0.2) is 9.84 Å². The molecule has 1 aromatic rings. The summed E-state index contributed by atoms with van der Waals surface area (Å²) in [7, 11) is -2.92. The largest absolute Gasteiger partial charge is 0.412 e. The third-order valence-corrected chi connectivity index (χ3v) is 4.94. The van der Waals surface area contributed by atoms with E-state index in [1.54, 1.807) is 18.2 Å². The molecule has 1 aliphatic rings. The van der Waals surface area contributed by atoms with E-state index in [0.29, 0.717) is 23.7 Å². The zero-order valence-electron chi connectivity index (χ0n) is 10.1. The molecule has 2 rings (SSSR count). The van der Waals surface area contributed by atoms with Crippen molar-refractivity contribution in [1.82, 2.24) is 5.32 Å². The number of carbonyl (C=O) groups is 1. The van der Waals surface area contributed by atoms with Gasteiger partial charge < -0.3 is 10.1 Å². The van der Waals surface area contributed by atoms with Gasteiger partial charge in [-0.3, -0.25) is 0 Å². The molecule has 1 atom stereocenters. The van der Waals surface area contributed by atoms with Crippen LogP contribution in [0.25, 0.3) is 0 Å². The Labute approximate surface area is 116 Å². The summed E-state index contributed by atoms with van der Waals surface area (Å²) in [6.45, 7) is 0.304. The summed E-state index contributed by atoms with van der Waals surface area (Å²) in [5.74, 6) is 0.647. The topological polar surface area (TPSA) is 72.5 Å². The predicted octanol–water partition coefficient (Wildman–Crippen LogP) is 1.86. The van der Waals surface area contributed by atoms with Crippen molar-refractivity contribution in [3.8, 4) is 5.75 Å². The highest BCUT2D eigenvalue weighted by atomic mass is 35.5. The SMILES string of the molecule is O=C(NCC1CCS(=O)(=O)C1)Oc1cccc(Cl)c1. The molecule has 5 nitrogen and oxygen atoms in total. The van der Waals surface area contributed by atoms with Crippen molar-refractivity contribution < 1.29 is 17.9 Å². The number of rotatable bonds is 3. The maximum Gasteiger partial charge on any atom is 0.412 e. The Balaban J connectivity index is 1.79. The molecular formula is C12H14ClNO4S. The maximum atomic E-state index is 11.5. The number of hydrogen-bond donors (Lipinski definition) is 1. The number of amides is 1. The van der Waals surface area contributed by atoms with Gasteiger partial charge in [-0.05, 0) is 30.5 Å². The van der Waals surface area contributed by atoms with Crippen molar-refractivity contribution in [1.29, 1.82) is 0 Å². The van der Waals surface area contributed by atoms with Crippen LogP contribution in [0.1, 0.15) is 6.42 Å². The summed E-state index contributed by atoms with van der Waals surface area (Å²) < 4.78 is 27.5. The van der Waals surface area contributed by atoms with Crippen LogP contribution in [-0.4, -0.2) is 32.6 Å². The lowest BCUT2D eigenvalue weighted by atomic mass is 10.1. The number of carbonyl (C=O) groups excluding carboxylic acids is 1. The quantitative estimate of drug-likeness (QED) is 0.925. The van der Waals surface area contributed by atoms with Crippen LogP contribution in [0.5, 0.6) is 5.75 Å². The van der Waals surface area contributed by atoms with E-state index in [4.69, 9.17) is 16.3 Å². The molecule has 0 radical (unpaired) electrons. The van der Waals surface area contributed by atoms with Gasteiger partial charge >= 0.3 is 6.09 Å². The number of benzene rings is 1. The van der Waals surface area contributed by atoms with Crippen molar-refractivity contribution >= 4 is 27.5 Å². The van der Waals surface area contributed by atoms with Crippen LogP contribution >= 0.6 is 11.6 Å². The molecule has 0 bridgehead atoms. The van der Waals surface area contributed by atoms with E-state index < -0.39 is 15.9 Å². The molecule has 0 saturated carbocycles. The van der Waals surface area contributed by atoms with E-state index in [2.05, 4.69) is 5.32 Å². The van der Waals surface area contributed by atoms with E-state index in [1.807, 2.05) is 0 Å². The molecule has 0 aliphatic carbocycles. The molecular weight excluding hydrogens is 290 g/mol. The van der Waals surface area contributed by atoms with Gasteiger partial charge in [-0.25, -0.2) is 13.2 Å². The molecule has 19 heavy (non-hydrogen) atoms. The first-order valence-electron chi connectivity index (χ1n) is 5.86. The third-order valence-electron chi connectivity index (χ3n) is 2.87. The Morgan fingerprint density at radius 1 is 1.47 bits per heavy atom. The lowest BCUT2D eigenvalue weighted by Gasteiger charge is -2.10. The zero-order chi connectivity index (χ0) is 13.9. The molecule has 0 spiro atoms. The molecule has 0 aromatic heterocycles. The van der Waals surface area contributed by atoms with Crippen LogP contribution in [0.15, 0.2) is 24.3 Å². The molecule has 1 N–H and O–H groups in total. The van der Waals surface area contributed by atoms with Gasteiger partial charge in [-0.2, -0.15) is 0 Å². The summed E-state index contributed by atoms with van der Waals surface area (Å²) in [5, 5.41) is 3.04. The van der Waals surface area contributed by atoms with E-state index in [0.717, 1.165) is 0 Å². The minimum atomic E-state index is -2.92. The van der Waals surface area contributed by atoms with Crippen LogP contribution in [0.2, 0.25) is 5.02 Å². The van der Waals surface area contributed by atoms with Crippen LogP contribution in [0, 0.1) is 5.92 Å². The standard InChI is InChI=1S/C12H14ClNO4S/c13-10-2-1-3-11(6-10)18-12(15)14-7-9-4-5-19(16,17)8-9/h1-3,6,9H,4-5,7-8H2,(H,14,15). The third kappa shape index (κ3) is 4.40. The minimum Gasteiger partial charge on any atom is -0.410 e. The average molecular weight is 304 g/mol. The Bertz CT molecular complexity index is 573. The highest BCUT2D eigenvalue weighted by molar-refractivity contribution is 7.91. The van der Waals surface area contributed by atoms with Crippen LogP contribution < -0.4 is 10.1 Å². The average Bonchev–Trinajstić information content (AvgIpc) is 2.66. The highest BCUT2D eigenvalue weighted by Crippen LogP contribution is 2.18. The fourth-order valence-electron chi connectivity index (χ4n) is 1.93. The summed E-state index contributed by atoms with van der Waals surface area (Å²) in [6, 6.07) is 6.50. The number of halogens is 1. The Kier molecular flexibility index (Phi) is 4.31. The van der Waals surface area contributed by atoms with Gasteiger partial charge in [0.2, 0.25) is 0 Å². The molecule has 1 saturated heterocycles. The molecule has 1 fully saturated rings. The fraction of sp³-hybridized carbons (Fsp3) is 0.417. The second-order valence-electron chi connectivity index (χ2n) is 4.50. The molecule has 1 aromatic carbocycles. The first-order valence-corrected chi connectivity index (χ1v) is 8.06. The van der Waals surface area contributed by atoms with Crippen LogP contribution in [0.3, 0.4) is 0 Å². The second-order valence-corrected chi connectivity index (χ2v) is 7.16.